The molecule has 0 unspecified atom stereocenters. The van der Waals surface area contributed by atoms with Crippen LogP contribution in [0.3, 0.4) is 0 Å². The number of anilines is 3. The molecule has 0 saturated carbocycles. The van der Waals surface area contributed by atoms with Crippen molar-refractivity contribution in [2.45, 2.75) is 39.1 Å². The quantitative estimate of drug-likeness (QED) is 0.0897. The Morgan fingerprint density at radius 3 is 1.64 bits per heavy atom. The summed E-state index contributed by atoms with van der Waals surface area (Å²) in [7, 11) is 0. The molecule has 3 aromatic rings. The van der Waals surface area contributed by atoms with Crippen molar-refractivity contribution < 1.29 is 59.1 Å². The molecule has 0 spiro atoms. The van der Waals surface area contributed by atoms with Gasteiger partial charge in [-0.1, -0.05) is 0 Å². The van der Waals surface area contributed by atoms with Gasteiger partial charge in [0.25, 0.3) is 11.4 Å². The second-order valence-corrected chi connectivity index (χ2v) is 12.5. The Labute approximate surface area is 337 Å². The predicted octanol–water partition coefficient (Wildman–Crippen LogP) is 7.20. The third kappa shape index (κ3) is 16.9. The Kier molecular flexibility index (Phi) is 23.6. The van der Waals surface area contributed by atoms with Crippen molar-refractivity contribution in [3.63, 3.8) is 0 Å². The van der Waals surface area contributed by atoms with E-state index in [-0.39, 0.29) is 81.2 Å². The van der Waals surface area contributed by atoms with Crippen molar-refractivity contribution in [2.24, 2.45) is 0 Å². The van der Waals surface area contributed by atoms with Crippen molar-refractivity contribution in [1.29, 1.82) is 0 Å². The molecule has 0 aliphatic carbocycles. The molecule has 0 radical (unpaired) electrons. The molecule has 3 atom stereocenters. The molecule has 3 fully saturated rings. The summed E-state index contributed by atoms with van der Waals surface area (Å²) in [6, 6.07) is 11.5. The molecule has 0 aromatic heterocycles. The van der Waals surface area contributed by atoms with E-state index in [2.05, 4.69) is 28.2 Å². The SMILES string of the molecule is C[C@@H]1CN(c2cc(N)ccc2F)CCO1.C[C@@H]1CN(c2cc([N+](=O)[O-])ccc2F)CCO1.C[C@@H]1CNCCO1.Cl.O=[N+]([O-])c1ccc(F)c(Br)c1.[CH3-].[HH].[Pd]. The normalized spacial score (nSPS) is 19.0. The summed E-state index contributed by atoms with van der Waals surface area (Å²) in [6.07, 6.45) is 0.566. The molecule has 302 valence electrons. The molecule has 13 nitrogen and oxygen atoms in total. The second kappa shape index (κ2) is 25.1. The zero-order valence-corrected chi connectivity index (χ0v) is 33.7. The average molecular weight is 932 g/mol. The maximum atomic E-state index is 13.6. The zero-order chi connectivity index (χ0) is 36.8. The number of nitro groups is 2. The van der Waals surface area contributed by atoms with Gasteiger partial charge >= 0.3 is 0 Å². The molecule has 0 bridgehead atoms. The van der Waals surface area contributed by atoms with Crippen molar-refractivity contribution in [2.75, 3.05) is 74.6 Å². The van der Waals surface area contributed by atoms with Crippen LogP contribution in [0.4, 0.5) is 41.6 Å². The Bertz CT molecular complexity index is 1590. The first-order chi connectivity index (χ1) is 23.7. The van der Waals surface area contributed by atoms with Gasteiger partial charge in [-0.05, 0) is 67.0 Å². The molecule has 3 heterocycles. The fourth-order valence-corrected chi connectivity index (χ4v) is 5.37. The van der Waals surface area contributed by atoms with Gasteiger partial charge in [0, 0.05) is 91.1 Å². The van der Waals surface area contributed by atoms with Crippen molar-refractivity contribution in [3.8, 4) is 0 Å². The number of nitrogens with one attached hydrogen (secondary N) is 1. The van der Waals surface area contributed by atoms with Gasteiger partial charge in [-0.15, -0.1) is 12.4 Å². The van der Waals surface area contributed by atoms with Crippen LogP contribution in [-0.4, -0.2) is 87.2 Å². The van der Waals surface area contributed by atoms with Crippen molar-refractivity contribution in [1.82, 2.24) is 5.32 Å². The monoisotopic (exact) mass is 929 g/mol. The summed E-state index contributed by atoms with van der Waals surface area (Å²) >= 11 is 2.83. The minimum Gasteiger partial charge on any atom is -0.399 e. The summed E-state index contributed by atoms with van der Waals surface area (Å²) in [5, 5.41) is 24.0. The van der Waals surface area contributed by atoms with Gasteiger partial charge in [-0.3, -0.25) is 20.2 Å². The van der Waals surface area contributed by atoms with Crippen LogP contribution in [0.25, 0.3) is 0 Å². The number of nitrogens with two attached hydrogens (primary N) is 1. The number of rotatable bonds is 4. The van der Waals surface area contributed by atoms with E-state index in [1.54, 1.807) is 17.0 Å². The molecule has 6 rings (SSSR count). The van der Waals surface area contributed by atoms with Crippen LogP contribution in [0.2, 0.25) is 0 Å². The van der Waals surface area contributed by atoms with Crippen LogP contribution in [-0.2, 0) is 34.6 Å². The van der Waals surface area contributed by atoms with Gasteiger partial charge < -0.3 is 42.5 Å². The number of nitrogens with zero attached hydrogens (tertiary/aromatic N) is 4. The van der Waals surface area contributed by atoms with Crippen LogP contribution in [0.15, 0.2) is 59.1 Å². The summed E-state index contributed by atoms with van der Waals surface area (Å²) < 4.78 is 55.7. The standard InChI is InChI=1S/C11H13FN2O3.C11H15FN2O.C6H3BrFNO2.C5H11NO.CH3.ClH.Pd.H2/c1-8-7-13(4-5-17-8)11-6-9(14(15)16)2-3-10(11)12;1-8-7-14(4-5-15-8)11-6-9(13)2-3-10(11)12;7-5-3-4(9(10)11)1-2-6(5)8;1-5-4-6-2-3-7-5;;;;/h2-3,6,8H,4-5,7H2,1H3;2-3,6,8H,4-5,7,13H2,1H3;1-3H;5-6H,2-4H2,1H3;1H3;1H;;1H/q;;;;-1;;;/t2*8-;;5-;;;;/m11.1..../s1. The van der Waals surface area contributed by atoms with Gasteiger partial charge in [0.1, 0.15) is 17.5 Å². The van der Waals surface area contributed by atoms with Crippen molar-refractivity contribution >= 4 is 56.8 Å². The smallest absolute Gasteiger partial charge is 0.271 e. The average Bonchev–Trinajstić information content (AvgIpc) is 3.08. The summed E-state index contributed by atoms with van der Waals surface area (Å²) in [6.45, 7) is 12.5. The molecule has 3 saturated heterocycles. The van der Waals surface area contributed by atoms with E-state index in [1.165, 1.54) is 18.2 Å². The van der Waals surface area contributed by atoms with Gasteiger partial charge in [0.15, 0.2) is 0 Å². The maximum absolute atomic E-state index is 13.6. The van der Waals surface area contributed by atoms with Gasteiger partial charge in [-0.25, -0.2) is 13.2 Å². The number of hydrogen-bond acceptors (Lipinski definition) is 11. The Morgan fingerprint density at radius 2 is 1.23 bits per heavy atom. The topological polar surface area (TPSA) is 158 Å². The predicted molar refractivity (Wildman–Crippen MR) is 204 cm³/mol. The molecule has 3 N–H and O–H groups in total. The molecule has 53 heavy (non-hydrogen) atoms. The molecule has 3 aliphatic rings. The molecule has 19 heteroatoms. The van der Waals surface area contributed by atoms with E-state index in [1.807, 2.05) is 18.7 Å². The first-order valence-corrected chi connectivity index (χ1v) is 16.7. The minimum atomic E-state index is -0.579. The van der Waals surface area contributed by atoms with Gasteiger partial charge in [0.05, 0.1) is 63.8 Å². The number of halogens is 5. The van der Waals surface area contributed by atoms with Gasteiger partial charge in [0.2, 0.25) is 0 Å². The maximum Gasteiger partial charge on any atom is 0.271 e. The molecular weight excluding hydrogens is 883 g/mol. The van der Waals surface area contributed by atoms with Crippen LogP contribution >= 0.6 is 28.3 Å². The number of nitrogen functional groups attached to an aromatic ring is 1. The number of ether oxygens (including phenoxy) is 3. The number of morpholine rings is 3. The fourth-order valence-electron chi connectivity index (χ4n) is 5.00. The summed E-state index contributed by atoms with van der Waals surface area (Å²) in [5.74, 6) is -1.17. The van der Waals surface area contributed by atoms with E-state index in [9.17, 15) is 33.4 Å². The van der Waals surface area contributed by atoms with Crippen LogP contribution in [0.1, 0.15) is 22.2 Å². The first-order valence-electron chi connectivity index (χ1n) is 15.9. The number of non-ortho nitro benzene ring substituents is 2. The third-order valence-electron chi connectivity index (χ3n) is 7.50. The number of hydrogen-bond donors (Lipinski definition) is 2. The largest absolute Gasteiger partial charge is 0.399 e. The number of benzene rings is 3. The molecule has 3 aliphatic heterocycles. The minimum absolute atomic E-state index is 0. The molecular formula is C34H48BrClF3N6O7Pd-. The first kappa shape index (κ1) is 49.9. The van der Waals surface area contributed by atoms with E-state index in [4.69, 9.17) is 19.9 Å². The van der Waals surface area contributed by atoms with E-state index in [0.29, 0.717) is 56.9 Å². The Morgan fingerprint density at radius 1 is 0.774 bits per heavy atom. The summed E-state index contributed by atoms with van der Waals surface area (Å²) in [5.41, 5.74) is 6.86. The van der Waals surface area contributed by atoms with Gasteiger partial charge in [-0.2, -0.15) is 0 Å². The van der Waals surface area contributed by atoms with E-state index >= 15 is 0 Å². The Hall–Kier alpha value is -3.08. The molecule has 0 amide bonds. The number of nitro benzene ring substituents is 2. The van der Waals surface area contributed by atoms with Crippen LogP contribution in [0.5, 0.6) is 0 Å². The third-order valence-corrected chi connectivity index (χ3v) is 8.11. The molecule has 3 aromatic carbocycles. The van der Waals surface area contributed by atoms with E-state index in [0.717, 1.165) is 44.0 Å². The van der Waals surface area contributed by atoms with Crippen LogP contribution in [0, 0.1) is 45.1 Å². The van der Waals surface area contributed by atoms with Crippen molar-refractivity contribution in [3.05, 3.63) is 104 Å². The summed E-state index contributed by atoms with van der Waals surface area (Å²) in [4.78, 5) is 23.4. The van der Waals surface area contributed by atoms with Crippen LogP contribution < -0.4 is 20.9 Å². The van der Waals surface area contributed by atoms with E-state index < -0.39 is 21.5 Å². The fraction of sp³-hybridized carbons (Fsp3) is 0.441. The Balaban J connectivity index is 0. The second-order valence-electron chi connectivity index (χ2n) is 11.6. The zero-order valence-electron chi connectivity index (χ0n) is 29.8.